The van der Waals surface area contributed by atoms with E-state index in [2.05, 4.69) is 42.9 Å². The van der Waals surface area contributed by atoms with Gasteiger partial charge in [-0.25, -0.2) is 4.98 Å². The number of fused-ring (bicyclic) bond motifs is 3. The molecule has 2 N–H and O–H groups in total. The molecule has 5 rings (SSSR count). The minimum Gasteiger partial charge on any atom is -0.277 e. The zero-order chi connectivity index (χ0) is 25.8. The monoisotopic (exact) mass is 492 g/mol. The van der Waals surface area contributed by atoms with Crippen LogP contribution in [0, 0.1) is 0 Å². The molecule has 0 saturated carbocycles. The largest absolute Gasteiger partial charge is 0.277 e. The van der Waals surface area contributed by atoms with Crippen molar-refractivity contribution in [2.75, 3.05) is 5.43 Å². The number of aryl methyl sites for hydroxylation is 1. The first-order chi connectivity index (χ1) is 18.0. The Kier molecular flexibility index (Phi) is 6.91. The quantitative estimate of drug-likeness (QED) is 0.337. The first kappa shape index (κ1) is 24.5. The second kappa shape index (κ2) is 10.4. The number of rotatable bonds is 8. The summed E-state index contributed by atoms with van der Waals surface area (Å²) in [5.74, 6) is 0.142. The maximum absolute atomic E-state index is 14.1. The van der Waals surface area contributed by atoms with E-state index in [9.17, 15) is 9.59 Å². The normalized spacial score (nSPS) is 15.9. The van der Waals surface area contributed by atoms with Crippen molar-refractivity contribution in [1.29, 1.82) is 0 Å². The van der Waals surface area contributed by atoms with E-state index in [1.54, 1.807) is 4.57 Å². The van der Waals surface area contributed by atoms with Gasteiger partial charge in [0.2, 0.25) is 11.9 Å². The molecule has 1 heterocycles. The van der Waals surface area contributed by atoms with Crippen molar-refractivity contribution in [3.63, 3.8) is 0 Å². The van der Waals surface area contributed by atoms with Crippen LogP contribution in [0.25, 0.3) is 11.3 Å². The lowest BCUT2D eigenvalue weighted by Crippen LogP contribution is -2.42. The molecule has 0 aliphatic heterocycles. The highest BCUT2D eigenvalue weighted by Gasteiger charge is 2.38. The van der Waals surface area contributed by atoms with E-state index in [4.69, 9.17) is 4.98 Å². The molecule has 0 radical (unpaired) electrons. The van der Waals surface area contributed by atoms with Gasteiger partial charge in [0.05, 0.1) is 17.7 Å². The van der Waals surface area contributed by atoms with Gasteiger partial charge in [0.25, 0.3) is 5.56 Å². The van der Waals surface area contributed by atoms with E-state index in [-0.39, 0.29) is 23.3 Å². The molecule has 6 nitrogen and oxygen atoms in total. The van der Waals surface area contributed by atoms with Gasteiger partial charge in [-0.05, 0) is 36.0 Å². The maximum atomic E-state index is 14.1. The van der Waals surface area contributed by atoms with Crippen LogP contribution in [0.5, 0.6) is 0 Å². The van der Waals surface area contributed by atoms with Crippen molar-refractivity contribution in [3.8, 4) is 11.3 Å². The number of nitrogens with one attached hydrogen (secondary N) is 2. The molecule has 4 aromatic rings. The fraction of sp³-hybridized carbons (Fsp3) is 0.258. The molecule has 1 unspecified atom stereocenters. The first-order valence-corrected chi connectivity index (χ1v) is 12.8. The van der Waals surface area contributed by atoms with Crippen molar-refractivity contribution in [2.24, 2.45) is 0 Å². The summed E-state index contributed by atoms with van der Waals surface area (Å²) in [5.41, 5.74) is 11.0. The minimum absolute atomic E-state index is 0.0559. The molecule has 3 aromatic carbocycles. The summed E-state index contributed by atoms with van der Waals surface area (Å²) in [7, 11) is 0. The molecule has 0 spiro atoms. The Labute approximate surface area is 217 Å². The van der Waals surface area contributed by atoms with E-state index < -0.39 is 0 Å². The van der Waals surface area contributed by atoms with E-state index >= 15 is 0 Å². The maximum Gasteiger partial charge on any atom is 0.259 e. The van der Waals surface area contributed by atoms with E-state index in [1.807, 2.05) is 66.7 Å². The van der Waals surface area contributed by atoms with Crippen LogP contribution >= 0.6 is 0 Å². The smallest absolute Gasteiger partial charge is 0.259 e. The SMILES string of the molecule is CCC1(C)Cc2ccccc2-c2nc(NNC(=O)Cc3ccccc3)n(CCc3ccccc3)c(=O)c21. The number of hydrogen-bond acceptors (Lipinski definition) is 4. The summed E-state index contributed by atoms with van der Waals surface area (Å²) in [6, 6.07) is 27.8. The van der Waals surface area contributed by atoms with Crippen LogP contribution < -0.4 is 16.4 Å². The van der Waals surface area contributed by atoms with Crippen molar-refractivity contribution in [1.82, 2.24) is 15.0 Å². The van der Waals surface area contributed by atoms with Gasteiger partial charge in [-0.1, -0.05) is 98.8 Å². The molecule has 0 fully saturated rings. The van der Waals surface area contributed by atoms with Crippen LogP contribution in [0.4, 0.5) is 5.95 Å². The Morgan fingerprint density at radius 1 is 0.946 bits per heavy atom. The second-order valence-corrected chi connectivity index (χ2v) is 9.94. The topological polar surface area (TPSA) is 76.0 Å². The highest BCUT2D eigenvalue weighted by atomic mass is 16.2. The number of hydrazine groups is 1. The fourth-order valence-electron chi connectivity index (χ4n) is 5.15. The van der Waals surface area contributed by atoms with Gasteiger partial charge in [0, 0.05) is 17.5 Å². The molecular formula is C31H32N4O2. The Bertz CT molecular complexity index is 1460. The number of anilines is 1. The van der Waals surface area contributed by atoms with Crippen LogP contribution in [0.15, 0.2) is 89.7 Å². The summed E-state index contributed by atoms with van der Waals surface area (Å²) in [6.07, 6.45) is 2.52. The van der Waals surface area contributed by atoms with Gasteiger partial charge < -0.3 is 0 Å². The zero-order valence-electron chi connectivity index (χ0n) is 21.3. The highest BCUT2D eigenvalue weighted by molar-refractivity contribution is 5.79. The summed E-state index contributed by atoms with van der Waals surface area (Å²) in [5, 5.41) is 0. The molecule has 1 atom stereocenters. The Morgan fingerprint density at radius 2 is 1.59 bits per heavy atom. The summed E-state index contributed by atoms with van der Waals surface area (Å²) in [4.78, 5) is 31.8. The number of hydrogen-bond donors (Lipinski definition) is 2. The van der Waals surface area contributed by atoms with Crippen LogP contribution in [0.2, 0.25) is 0 Å². The summed E-state index contributed by atoms with van der Waals surface area (Å²) < 4.78 is 1.68. The number of benzene rings is 3. The number of amides is 1. The van der Waals surface area contributed by atoms with Crippen LogP contribution in [0.1, 0.15) is 42.5 Å². The van der Waals surface area contributed by atoms with Gasteiger partial charge in [-0.15, -0.1) is 0 Å². The van der Waals surface area contributed by atoms with Gasteiger partial charge in [0.15, 0.2) is 0 Å². The number of nitrogens with zero attached hydrogens (tertiary/aromatic N) is 2. The lowest BCUT2D eigenvalue weighted by Gasteiger charge is -2.36. The fourth-order valence-corrected chi connectivity index (χ4v) is 5.15. The van der Waals surface area contributed by atoms with Crippen LogP contribution in [-0.2, 0) is 36.0 Å². The Hall–Kier alpha value is -4.19. The van der Waals surface area contributed by atoms with E-state index in [0.717, 1.165) is 35.1 Å². The van der Waals surface area contributed by atoms with Gasteiger partial charge in [-0.3, -0.25) is 25.0 Å². The van der Waals surface area contributed by atoms with Crippen molar-refractivity contribution in [3.05, 3.63) is 118 Å². The zero-order valence-corrected chi connectivity index (χ0v) is 21.3. The summed E-state index contributed by atoms with van der Waals surface area (Å²) in [6.45, 7) is 4.73. The van der Waals surface area contributed by atoms with Crippen LogP contribution in [-0.4, -0.2) is 15.5 Å². The van der Waals surface area contributed by atoms with Crippen molar-refractivity contribution < 1.29 is 4.79 Å². The molecule has 1 aromatic heterocycles. The molecule has 0 saturated heterocycles. The average Bonchev–Trinajstić information content (AvgIpc) is 2.92. The lowest BCUT2D eigenvalue weighted by atomic mass is 9.69. The third-order valence-electron chi connectivity index (χ3n) is 7.39. The standard InChI is InChI=1S/C31H32N4O2/c1-3-31(2)21-24-16-10-11-17-25(24)28-27(31)29(37)35(19-18-22-12-6-4-7-13-22)30(32-28)34-33-26(36)20-23-14-8-5-9-15-23/h4-17H,3,18-21H2,1-2H3,(H,32,34)(H,33,36). The Balaban J connectivity index is 1.54. The number of carbonyl (C=O) groups excluding carboxylic acids is 1. The molecule has 188 valence electrons. The van der Waals surface area contributed by atoms with Crippen molar-refractivity contribution in [2.45, 2.75) is 51.5 Å². The molecule has 0 bridgehead atoms. The Morgan fingerprint density at radius 3 is 2.30 bits per heavy atom. The predicted octanol–water partition coefficient (Wildman–Crippen LogP) is 5.06. The van der Waals surface area contributed by atoms with E-state index in [0.29, 0.717) is 24.6 Å². The first-order valence-electron chi connectivity index (χ1n) is 12.8. The lowest BCUT2D eigenvalue weighted by molar-refractivity contribution is -0.119. The third kappa shape index (κ3) is 5.05. The van der Waals surface area contributed by atoms with Gasteiger partial charge in [-0.2, -0.15) is 0 Å². The number of aromatic nitrogens is 2. The molecule has 1 aliphatic rings. The summed E-state index contributed by atoms with van der Waals surface area (Å²) >= 11 is 0. The minimum atomic E-state index is -0.322. The van der Waals surface area contributed by atoms with Gasteiger partial charge in [0.1, 0.15) is 0 Å². The number of carbonyl (C=O) groups is 1. The molecule has 37 heavy (non-hydrogen) atoms. The van der Waals surface area contributed by atoms with Crippen LogP contribution in [0.3, 0.4) is 0 Å². The van der Waals surface area contributed by atoms with E-state index in [1.165, 1.54) is 5.56 Å². The molecule has 6 heteroatoms. The predicted molar refractivity (Wildman–Crippen MR) is 147 cm³/mol. The average molecular weight is 493 g/mol. The molecular weight excluding hydrogens is 460 g/mol. The van der Waals surface area contributed by atoms with Gasteiger partial charge >= 0.3 is 0 Å². The second-order valence-electron chi connectivity index (χ2n) is 9.94. The molecule has 1 aliphatic carbocycles. The highest BCUT2D eigenvalue weighted by Crippen LogP contribution is 2.42. The molecule has 1 amide bonds. The van der Waals surface area contributed by atoms with Crippen molar-refractivity contribution >= 4 is 11.9 Å². The third-order valence-corrected chi connectivity index (χ3v) is 7.39.